The Morgan fingerprint density at radius 2 is 2.21 bits per heavy atom. The first-order valence-electron chi connectivity index (χ1n) is 6.48. The molecule has 2 N–H and O–H groups in total. The van der Waals surface area contributed by atoms with Crippen molar-refractivity contribution in [2.24, 2.45) is 5.92 Å². The van der Waals surface area contributed by atoms with Crippen LogP contribution in [0.15, 0.2) is 18.2 Å². The summed E-state index contributed by atoms with van der Waals surface area (Å²) >= 11 is 5.93. The highest BCUT2D eigenvalue weighted by molar-refractivity contribution is 6.31. The number of tetrazole rings is 1. The molecule has 1 heterocycles. The molecule has 1 aliphatic carbocycles. The molecule has 19 heavy (non-hydrogen) atoms. The number of nitrogens with two attached hydrogens (primary N) is 1. The Morgan fingerprint density at radius 3 is 2.89 bits per heavy atom. The number of halogens is 1. The number of aromatic nitrogens is 4. The predicted octanol–water partition coefficient (Wildman–Crippen LogP) is 2.94. The van der Waals surface area contributed by atoms with E-state index < -0.39 is 0 Å². The fourth-order valence-electron chi connectivity index (χ4n) is 2.75. The van der Waals surface area contributed by atoms with Crippen LogP contribution in [0.2, 0.25) is 5.02 Å². The van der Waals surface area contributed by atoms with Gasteiger partial charge in [0.1, 0.15) is 0 Å². The number of hydrogen-bond acceptors (Lipinski definition) is 4. The maximum absolute atomic E-state index is 6.01. The minimum absolute atomic E-state index is 0.370. The molecule has 0 spiro atoms. The lowest BCUT2D eigenvalue weighted by Gasteiger charge is -2.13. The first-order chi connectivity index (χ1) is 9.15. The molecule has 0 radical (unpaired) electrons. The highest BCUT2D eigenvalue weighted by Crippen LogP contribution is 2.36. The summed E-state index contributed by atoms with van der Waals surface area (Å²) in [4.78, 5) is 0. The lowest BCUT2D eigenvalue weighted by Crippen LogP contribution is -2.10. The fraction of sp³-hybridized carbons (Fsp3) is 0.462. The molecule has 2 atom stereocenters. The number of rotatable bonds is 2. The van der Waals surface area contributed by atoms with Crippen LogP contribution in [0.3, 0.4) is 0 Å². The Bertz CT molecular complexity index is 594. The van der Waals surface area contributed by atoms with Crippen LogP contribution in [0.1, 0.15) is 32.2 Å². The van der Waals surface area contributed by atoms with Gasteiger partial charge in [0.05, 0.1) is 6.04 Å². The molecule has 0 aliphatic heterocycles. The summed E-state index contributed by atoms with van der Waals surface area (Å²) in [6.07, 6.45) is 3.46. The minimum atomic E-state index is 0.370. The van der Waals surface area contributed by atoms with Crippen LogP contribution in [0.4, 0.5) is 5.69 Å². The van der Waals surface area contributed by atoms with Crippen molar-refractivity contribution < 1.29 is 0 Å². The monoisotopic (exact) mass is 277 g/mol. The highest BCUT2D eigenvalue weighted by Gasteiger charge is 2.26. The minimum Gasteiger partial charge on any atom is -0.398 e. The van der Waals surface area contributed by atoms with E-state index in [1.165, 1.54) is 6.42 Å². The average Bonchev–Trinajstić information content (AvgIpc) is 2.97. The van der Waals surface area contributed by atoms with Gasteiger partial charge in [-0.3, -0.25) is 0 Å². The molecule has 1 aromatic heterocycles. The van der Waals surface area contributed by atoms with Crippen molar-refractivity contribution in [2.75, 3.05) is 5.73 Å². The molecule has 2 aromatic rings. The summed E-state index contributed by atoms with van der Waals surface area (Å²) < 4.78 is 1.91. The Kier molecular flexibility index (Phi) is 3.14. The quantitative estimate of drug-likeness (QED) is 0.857. The summed E-state index contributed by atoms with van der Waals surface area (Å²) in [5.41, 5.74) is 7.46. The first kappa shape index (κ1) is 12.4. The van der Waals surface area contributed by atoms with E-state index in [-0.39, 0.29) is 0 Å². The number of nitrogen functional groups attached to an aromatic ring is 1. The number of anilines is 1. The number of benzene rings is 1. The van der Waals surface area contributed by atoms with Gasteiger partial charge < -0.3 is 5.73 Å². The van der Waals surface area contributed by atoms with Crippen molar-refractivity contribution >= 4 is 17.3 Å². The molecule has 0 saturated heterocycles. The highest BCUT2D eigenvalue weighted by atomic mass is 35.5. The Labute approximate surface area is 116 Å². The molecule has 1 saturated carbocycles. The zero-order valence-corrected chi connectivity index (χ0v) is 11.5. The Hall–Kier alpha value is -1.62. The molecule has 5 nitrogen and oxygen atoms in total. The molecular formula is C13H16ClN5. The van der Waals surface area contributed by atoms with Gasteiger partial charge in [-0.05, 0) is 53.8 Å². The van der Waals surface area contributed by atoms with Crippen LogP contribution in [0.5, 0.6) is 0 Å². The largest absolute Gasteiger partial charge is 0.398 e. The van der Waals surface area contributed by atoms with E-state index >= 15 is 0 Å². The molecule has 3 rings (SSSR count). The maximum atomic E-state index is 6.01. The number of nitrogens with zero attached hydrogens (tertiary/aromatic N) is 4. The van der Waals surface area contributed by atoms with Crippen LogP contribution in [-0.4, -0.2) is 20.2 Å². The smallest absolute Gasteiger partial charge is 0.184 e. The van der Waals surface area contributed by atoms with Crippen molar-refractivity contribution in [1.29, 1.82) is 0 Å². The third kappa shape index (κ3) is 2.30. The lowest BCUT2D eigenvalue weighted by atomic mass is 10.1. The summed E-state index contributed by atoms with van der Waals surface area (Å²) in [5, 5.41) is 12.7. The van der Waals surface area contributed by atoms with Gasteiger partial charge in [-0.15, -0.1) is 5.10 Å². The molecule has 1 aromatic carbocycles. The second-order valence-electron chi connectivity index (χ2n) is 5.25. The molecule has 2 unspecified atom stereocenters. The molecule has 6 heteroatoms. The molecule has 100 valence electrons. The van der Waals surface area contributed by atoms with Crippen molar-refractivity contribution in [2.45, 2.75) is 32.2 Å². The summed E-state index contributed by atoms with van der Waals surface area (Å²) in [5.74, 6) is 1.46. The molecule has 0 amide bonds. The van der Waals surface area contributed by atoms with Crippen molar-refractivity contribution in [3.05, 3.63) is 23.2 Å². The first-order valence-corrected chi connectivity index (χ1v) is 6.86. The van der Waals surface area contributed by atoms with Crippen LogP contribution >= 0.6 is 11.6 Å². The molecule has 0 bridgehead atoms. The summed E-state index contributed by atoms with van der Waals surface area (Å²) in [6.45, 7) is 2.26. The molecule has 1 aliphatic rings. The van der Waals surface area contributed by atoms with E-state index in [0.29, 0.717) is 16.8 Å². The van der Waals surface area contributed by atoms with Gasteiger partial charge >= 0.3 is 0 Å². The van der Waals surface area contributed by atoms with Crippen LogP contribution < -0.4 is 5.73 Å². The van der Waals surface area contributed by atoms with E-state index in [9.17, 15) is 0 Å². The van der Waals surface area contributed by atoms with Gasteiger partial charge in [0.15, 0.2) is 5.82 Å². The van der Waals surface area contributed by atoms with Crippen molar-refractivity contribution in [3.8, 4) is 11.4 Å². The van der Waals surface area contributed by atoms with Crippen LogP contribution in [0, 0.1) is 5.92 Å². The van der Waals surface area contributed by atoms with Crippen LogP contribution in [-0.2, 0) is 0 Å². The second kappa shape index (κ2) is 4.81. The fourth-order valence-corrected chi connectivity index (χ4v) is 2.93. The molecular weight excluding hydrogens is 262 g/mol. The normalized spacial score (nSPS) is 22.8. The van der Waals surface area contributed by atoms with Crippen molar-refractivity contribution in [3.63, 3.8) is 0 Å². The van der Waals surface area contributed by atoms with Gasteiger partial charge in [0.2, 0.25) is 0 Å². The zero-order chi connectivity index (χ0) is 13.4. The Morgan fingerprint density at radius 1 is 1.37 bits per heavy atom. The Balaban J connectivity index is 2.00. The average molecular weight is 278 g/mol. The lowest BCUT2D eigenvalue weighted by molar-refractivity contribution is 0.443. The standard InChI is InChI=1S/C13H16ClN5/c1-8-2-4-10(6-8)19-13(16-17-18-19)11-5-3-9(14)7-12(11)15/h3,5,7-8,10H,2,4,6,15H2,1H3. The van der Waals surface area contributed by atoms with Gasteiger partial charge in [-0.25, -0.2) is 4.68 Å². The third-order valence-electron chi connectivity index (χ3n) is 3.76. The predicted molar refractivity (Wildman–Crippen MR) is 74.7 cm³/mol. The summed E-state index contributed by atoms with van der Waals surface area (Å²) in [7, 11) is 0. The van der Waals surface area contributed by atoms with E-state index in [1.54, 1.807) is 6.07 Å². The summed E-state index contributed by atoms with van der Waals surface area (Å²) in [6, 6.07) is 5.78. The van der Waals surface area contributed by atoms with Crippen LogP contribution in [0.25, 0.3) is 11.4 Å². The van der Waals surface area contributed by atoms with Gasteiger partial charge in [0, 0.05) is 16.3 Å². The maximum Gasteiger partial charge on any atom is 0.184 e. The van der Waals surface area contributed by atoms with E-state index in [4.69, 9.17) is 17.3 Å². The zero-order valence-electron chi connectivity index (χ0n) is 10.8. The van der Waals surface area contributed by atoms with Gasteiger partial charge in [-0.1, -0.05) is 18.5 Å². The van der Waals surface area contributed by atoms with E-state index in [0.717, 1.165) is 30.1 Å². The SMILES string of the molecule is CC1CCC(n2nnnc2-c2ccc(Cl)cc2N)C1. The third-order valence-corrected chi connectivity index (χ3v) is 4.00. The van der Waals surface area contributed by atoms with Gasteiger partial charge in [0.25, 0.3) is 0 Å². The molecule has 1 fully saturated rings. The van der Waals surface area contributed by atoms with Gasteiger partial charge in [-0.2, -0.15) is 0 Å². The van der Waals surface area contributed by atoms with Crippen molar-refractivity contribution in [1.82, 2.24) is 20.2 Å². The number of hydrogen-bond donors (Lipinski definition) is 1. The van der Waals surface area contributed by atoms with E-state index in [1.807, 2.05) is 16.8 Å². The topological polar surface area (TPSA) is 69.6 Å². The van der Waals surface area contributed by atoms with E-state index in [2.05, 4.69) is 22.4 Å². The second-order valence-corrected chi connectivity index (χ2v) is 5.69.